The maximum atomic E-state index is 9.29. The van der Waals surface area contributed by atoms with Gasteiger partial charge in [-0.15, -0.1) is 11.8 Å². The second-order valence-electron chi connectivity index (χ2n) is 2.48. The summed E-state index contributed by atoms with van der Waals surface area (Å²) in [4.78, 5) is 0.812. The second-order valence-corrected chi connectivity index (χ2v) is 4.02. The summed E-state index contributed by atoms with van der Waals surface area (Å²) < 4.78 is 0. The Bertz CT molecular complexity index is 306. The molecule has 5 N–H and O–H groups in total. The Hall–Kier alpha value is -0.580. The van der Waals surface area contributed by atoms with Gasteiger partial charge < -0.3 is 16.6 Å². The smallest absolute Gasteiger partial charge is 0.135 e. The third-order valence-electron chi connectivity index (χ3n) is 1.45. The van der Waals surface area contributed by atoms with Crippen LogP contribution in [0.4, 0.5) is 5.69 Å². The van der Waals surface area contributed by atoms with E-state index in [1.54, 1.807) is 6.07 Å². The summed E-state index contributed by atoms with van der Waals surface area (Å²) in [6, 6.07) is 3.09. The number of rotatable bonds is 3. The highest BCUT2D eigenvalue weighted by Crippen LogP contribution is 2.33. The van der Waals surface area contributed by atoms with Crippen molar-refractivity contribution in [1.82, 2.24) is 0 Å². The largest absolute Gasteiger partial charge is 0.506 e. The van der Waals surface area contributed by atoms with Crippen molar-refractivity contribution in [3.05, 3.63) is 17.2 Å². The summed E-state index contributed by atoms with van der Waals surface area (Å²) in [6.07, 6.45) is 0. The standard InChI is InChI=1S/C8H11ClN2OS/c9-5-3-6(11)8(4-7(5)12)13-2-1-10/h3-4,12H,1-2,10-11H2. The molecular weight excluding hydrogens is 208 g/mol. The van der Waals surface area contributed by atoms with Gasteiger partial charge in [-0.1, -0.05) is 11.6 Å². The zero-order valence-electron chi connectivity index (χ0n) is 6.96. The van der Waals surface area contributed by atoms with E-state index < -0.39 is 0 Å². The van der Waals surface area contributed by atoms with E-state index in [-0.39, 0.29) is 10.8 Å². The van der Waals surface area contributed by atoms with E-state index in [4.69, 9.17) is 23.1 Å². The quantitative estimate of drug-likeness (QED) is 0.410. The normalized spacial score (nSPS) is 10.3. The highest BCUT2D eigenvalue weighted by atomic mass is 35.5. The first-order valence-corrected chi connectivity index (χ1v) is 5.12. The fourth-order valence-corrected chi connectivity index (χ4v) is 1.78. The van der Waals surface area contributed by atoms with E-state index in [1.807, 2.05) is 0 Å². The van der Waals surface area contributed by atoms with Crippen molar-refractivity contribution in [2.45, 2.75) is 4.90 Å². The molecule has 1 rings (SSSR count). The molecule has 72 valence electrons. The third-order valence-corrected chi connectivity index (χ3v) is 2.86. The number of benzene rings is 1. The van der Waals surface area contributed by atoms with Gasteiger partial charge in [-0.25, -0.2) is 0 Å². The molecule has 13 heavy (non-hydrogen) atoms. The molecule has 0 unspecified atom stereocenters. The SMILES string of the molecule is NCCSc1cc(O)c(Cl)cc1N. The zero-order valence-corrected chi connectivity index (χ0v) is 8.53. The fraction of sp³-hybridized carbons (Fsp3) is 0.250. The number of phenolic OH excluding ortho intramolecular Hbond substituents is 1. The molecule has 0 radical (unpaired) electrons. The van der Waals surface area contributed by atoms with Gasteiger partial charge in [-0.05, 0) is 12.1 Å². The molecule has 0 fully saturated rings. The van der Waals surface area contributed by atoms with Gasteiger partial charge in [-0.3, -0.25) is 0 Å². The predicted molar refractivity (Wildman–Crippen MR) is 57.3 cm³/mol. The average Bonchev–Trinajstić information content (AvgIpc) is 2.09. The predicted octanol–water partition coefficient (Wildman–Crippen LogP) is 1.68. The summed E-state index contributed by atoms with van der Waals surface area (Å²) in [5.41, 5.74) is 11.6. The Morgan fingerprint density at radius 3 is 2.77 bits per heavy atom. The molecule has 3 nitrogen and oxygen atoms in total. The number of hydrogen-bond acceptors (Lipinski definition) is 4. The van der Waals surface area contributed by atoms with Crippen LogP contribution in [-0.2, 0) is 0 Å². The van der Waals surface area contributed by atoms with Gasteiger partial charge in [0.2, 0.25) is 0 Å². The Morgan fingerprint density at radius 1 is 1.46 bits per heavy atom. The number of thioether (sulfide) groups is 1. The molecule has 5 heteroatoms. The van der Waals surface area contributed by atoms with Crippen LogP contribution in [0.1, 0.15) is 0 Å². The van der Waals surface area contributed by atoms with Gasteiger partial charge in [0.15, 0.2) is 0 Å². The van der Waals surface area contributed by atoms with E-state index in [2.05, 4.69) is 0 Å². The van der Waals surface area contributed by atoms with Crippen LogP contribution in [0, 0.1) is 0 Å². The topological polar surface area (TPSA) is 72.3 Å². The highest BCUT2D eigenvalue weighted by molar-refractivity contribution is 7.99. The molecule has 0 saturated carbocycles. The van der Waals surface area contributed by atoms with Crippen LogP contribution in [-0.4, -0.2) is 17.4 Å². The van der Waals surface area contributed by atoms with Gasteiger partial charge in [0, 0.05) is 22.9 Å². The molecule has 0 aromatic heterocycles. The lowest BCUT2D eigenvalue weighted by Gasteiger charge is -2.06. The van der Waals surface area contributed by atoms with E-state index in [9.17, 15) is 5.11 Å². The molecule has 0 aliphatic heterocycles. The minimum atomic E-state index is 0.0513. The van der Waals surface area contributed by atoms with Crippen molar-refractivity contribution in [1.29, 1.82) is 0 Å². The lowest BCUT2D eigenvalue weighted by molar-refractivity contribution is 0.474. The molecule has 0 aliphatic carbocycles. The molecule has 0 aliphatic rings. The lowest BCUT2D eigenvalue weighted by atomic mass is 10.3. The van der Waals surface area contributed by atoms with Crippen LogP contribution in [0.2, 0.25) is 5.02 Å². The Balaban J connectivity index is 2.88. The van der Waals surface area contributed by atoms with Gasteiger partial charge in [0.1, 0.15) is 5.75 Å². The molecule has 0 atom stereocenters. The first kappa shape index (κ1) is 10.5. The summed E-state index contributed by atoms with van der Waals surface area (Å²) >= 11 is 7.16. The molecule has 0 bridgehead atoms. The molecule has 0 amide bonds. The van der Waals surface area contributed by atoms with Gasteiger partial charge in [-0.2, -0.15) is 0 Å². The number of nitrogens with two attached hydrogens (primary N) is 2. The molecule has 0 heterocycles. The third kappa shape index (κ3) is 2.69. The first-order chi connectivity index (χ1) is 6.15. The molecule has 1 aromatic rings. The van der Waals surface area contributed by atoms with Crippen molar-refractivity contribution in [2.75, 3.05) is 18.0 Å². The minimum Gasteiger partial charge on any atom is -0.506 e. The number of phenols is 1. The van der Waals surface area contributed by atoms with Gasteiger partial charge in [0.05, 0.1) is 5.02 Å². The molecular formula is C8H11ClN2OS. The van der Waals surface area contributed by atoms with Crippen molar-refractivity contribution in [2.24, 2.45) is 5.73 Å². The monoisotopic (exact) mass is 218 g/mol. The number of nitrogen functional groups attached to an aromatic ring is 1. The molecule has 1 aromatic carbocycles. The Kier molecular flexibility index (Phi) is 3.71. The summed E-state index contributed by atoms with van der Waals surface area (Å²) in [7, 11) is 0. The highest BCUT2D eigenvalue weighted by Gasteiger charge is 2.05. The summed E-state index contributed by atoms with van der Waals surface area (Å²) in [6.45, 7) is 0.577. The maximum absolute atomic E-state index is 9.29. The van der Waals surface area contributed by atoms with E-state index >= 15 is 0 Å². The van der Waals surface area contributed by atoms with Crippen LogP contribution < -0.4 is 11.5 Å². The van der Waals surface area contributed by atoms with E-state index in [0.29, 0.717) is 12.2 Å². The van der Waals surface area contributed by atoms with Gasteiger partial charge in [0.25, 0.3) is 0 Å². The van der Waals surface area contributed by atoms with Crippen molar-refractivity contribution in [3.8, 4) is 5.75 Å². The van der Waals surface area contributed by atoms with Gasteiger partial charge >= 0.3 is 0 Å². The number of halogens is 1. The first-order valence-electron chi connectivity index (χ1n) is 3.76. The van der Waals surface area contributed by atoms with E-state index in [1.165, 1.54) is 17.8 Å². The molecule has 0 spiro atoms. The van der Waals surface area contributed by atoms with Crippen LogP contribution >= 0.6 is 23.4 Å². The van der Waals surface area contributed by atoms with Crippen molar-refractivity contribution >= 4 is 29.1 Å². The Labute approximate surface area is 86.1 Å². The average molecular weight is 219 g/mol. The molecule has 0 saturated heterocycles. The van der Waals surface area contributed by atoms with Crippen LogP contribution in [0.3, 0.4) is 0 Å². The Morgan fingerprint density at radius 2 is 2.15 bits per heavy atom. The fourth-order valence-electron chi connectivity index (χ4n) is 0.852. The van der Waals surface area contributed by atoms with E-state index in [0.717, 1.165) is 10.6 Å². The van der Waals surface area contributed by atoms with Crippen LogP contribution in [0.5, 0.6) is 5.75 Å². The lowest BCUT2D eigenvalue weighted by Crippen LogP contribution is -2.01. The van der Waals surface area contributed by atoms with Crippen LogP contribution in [0.15, 0.2) is 17.0 Å². The number of anilines is 1. The second kappa shape index (κ2) is 4.60. The van der Waals surface area contributed by atoms with Crippen molar-refractivity contribution in [3.63, 3.8) is 0 Å². The summed E-state index contributed by atoms with van der Waals surface area (Å²) in [5.74, 6) is 0.820. The number of hydrogen-bond donors (Lipinski definition) is 3. The minimum absolute atomic E-state index is 0.0513. The summed E-state index contributed by atoms with van der Waals surface area (Å²) in [5, 5.41) is 9.56. The zero-order chi connectivity index (χ0) is 9.84. The number of aromatic hydroxyl groups is 1. The van der Waals surface area contributed by atoms with Crippen molar-refractivity contribution < 1.29 is 5.11 Å². The maximum Gasteiger partial charge on any atom is 0.135 e. The van der Waals surface area contributed by atoms with Crippen LogP contribution in [0.25, 0.3) is 0 Å².